The van der Waals surface area contributed by atoms with Crippen molar-refractivity contribution in [2.75, 3.05) is 51.7 Å². The Morgan fingerprint density at radius 3 is 2.55 bits per heavy atom. The Morgan fingerprint density at radius 2 is 1.90 bits per heavy atom. The summed E-state index contributed by atoms with van der Waals surface area (Å²) < 4.78 is 1.63. The number of likely N-dealkylation sites (tertiary alicyclic amines) is 1. The maximum atomic E-state index is 12.9. The van der Waals surface area contributed by atoms with Gasteiger partial charge >= 0.3 is 6.03 Å². The zero-order valence-corrected chi connectivity index (χ0v) is 17.1. The lowest BCUT2D eigenvalue weighted by molar-refractivity contribution is -0.520. The van der Waals surface area contributed by atoms with Gasteiger partial charge in [-0.3, -0.25) is 19.4 Å². The molecule has 152 valence electrons. The zero-order chi connectivity index (χ0) is 20.3. The zero-order valence-electron chi connectivity index (χ0n) is 16.3. The molecule has 4 aliphatic heterocycles. The Labute approximate surface area is 171 Å². The van der Waals surface area contributed by atoms with Crippen LogP contribution in [-0.2, 0) is 9.59 Å². The molecule has 11 heteroatoms. The lowest BCUT2D eigenvalue weighted by atomic mass is 10.0. The van der Waals surface area contributed by atoms with E-state index in [0.717, 1.165) is 36.2 Å². The van der Waals surface area contributed by atoms with Crippen LogP contribution in [0.1, 0.15) is 0 Å². The Balaban J connectivity index is 1.22. The number of aromatic nitrogens is 1. The molecule has 3 fully saturated rings. The third kappa shape index (κ3) is 2.83. The molecule has 5 heterocycles. The van der Waals surface area contributed by atoms with Gasteiger partial charge < -0.3 is 9.80 Å². The molecule has 0 bridgehead atoms. The Hall–Kier alpha value is -2.82. The molecule has 0 saturated carbocycles. The average Bonchev–Trinajstić information content (AvgIpc) is 3.46. The predicted octanol–water partition coefficient (Wildman–Crippen LogP) is -0.617. The largest absolute Gasteiger partial charge is 0.347 e. The molecular formula is C18H22N7O3S+. The molecule has 3 atom stereocenters. The van der Waals surface area contributed by atoms with Crippen LogP contribution in [0.3, 0.4) is 0 Å². The summed E-state index contributed by atoms with van der Waals surface area (Å²) in [6.45, 7) is 3.37. The molecule has 29 heavy (non-hydrogen) atoms. The molecule has 5 rings (SSSR count). The highest BCUT2D eigenvalue weighted by Gasteiger charge is 2.51. The average molecular weight is 416 g/mol. The minimum absolute atomic E-state index is 0.0112. The highest BCUT2D eigenvalue weighted by molar-refractivity contribution is 7.13. The number of urea groups is 1. The van der Waals surface area contributed by atoms with E-state index in [1.807, 2.05) is 16.5 Å². The van der Waals surface area contributed by atoms with Crippen LogP contribution in [0, 0.1) is 11.8 Å². The summed E-state index contributed by atoms with van der Waals surface area (Å²) in [4.78, 5) is 52.8. The fourth-order valence-electron chi connectivity index (χ4n) is 4.66. The van der Waals surface area contributed by atoms with Gasteiger partial charge in [-0.1, -0.05) is 0 Å². The van der Waals surface area contributed by atoms with Crippen molar-refractivity contribution >= 4 is 46.5 Å². The Bertz CT molecular complexity index is 929. The molecule has 0 spiro atoms. The van der Waals surface area contributed by atoms with Gasteiger partial charge in [-0.15, -0.1) is 11.3 Å². The molecule has 1 aromatic rings. The number of carbonyl (C=O) groups excluding carboxylic acids is 3. The van der Waals surface area contributed by atoms with Gasteiger partial charge in [0.1, 0.15) is 0 Å². The molecule has 0 aromatic carbocycles. The van der Waals surface area contributed by atoms with E-state index in [9.17, 15) is 14.4 Å². The quantitative estimate of drug-likeness (QED) is 0.613. The van der Waals surface area contributed by atoms with E-state index in [0.29, 0.717) is 17.7 Å². The highest BCUT2D eigenvalue weighted by Crippen LogP contribution is 2.34. The van der Waals surface area contributed by atoms with Crippen molar-refractivity contribution in [2.45, 2.75) is 6.04 Å². The van der Waals surface area contributed by atoms with Crippen LogP contribution < -0.4 is 4.90 Å². The number of fused-ring (bicyclic) bond motifs is 2. The van der Waals surface area contributed by atoms with E-state index in [4.69, 9.17) is 0 Å². The number of anilines is 1. The second-order valence-corrected chi connectivity index (χ2v) is 8.83. The first-order chi connectivity index (χ1) is 13.9. The minimum atomic E-state index is -0.714. The number of amidine groups is 1. The number of carbonyl (C=O) groups is 3. The monoisotopic (exact) mass is 416 g/mol. The van der Waals surface area contributed by atoms with E-state index in [1.54, 1.807) is 23.0 Å². The first-order valence-electron chi connectivity index (χ1n) is 9.58. The van der Waals surface area contributed by atoms with Gasteiger partial charge in [0.05, 0.1) is 0 Å². The minimum Gasteiger partial charge on any atom is -0.347 e. The van der Waals surface area contributed by atoms with Crippen molar-refractivity contribution in [3.05, 3.63) is 11.6 Å². The molecule has 10 nitrogen and oxygen atoms in total. The van der Waals surface area contributed by atoms with Crippen molar-refractivity contribution in [1.29, 1.82) is 0 Å². The lowest BCUT2D eigenvalue weighted by Gasteiger charge is -2.30. The third-order valence-corrected chi connectivity index (χ3v) is 7.08. The van der Waals surface area contributed by atoms with Crippen LogP contribution in [0.4, 0.5) is 9.93 Å². The van der Waals surface area contributed by atoms with Crippen LogP contribution in [0.5, 0.6) is 0 Å². The first kappa shape index (κ1) is 18.2. The second kappa shape index (κ2) is 6.61. The van der Waals surface area contributed by atoms with Crippen molar-refractivity contribution in [2.24, 2.45) is 16.8 Å². The van der Waals surface area contributed by atoms with Crippen LogP contribution in [0.15, 0.2) is 16.6 Å². The Kier molecular flexibility index (Phi) is 4.16. The van der Waals surface area contributed by atoms with Crippen molar-refractivity contribution in [3.8, 4) is 0 Å². The van der Waals surface area contributed by atoms with Gasteiger partial charge in [0.25, 0.3) is 30.0 Å². The number of likely N-dealkylation sites (N-methyl/N-ethyl adjacent to an activating group) is 2. The topological polar surface area (TPSA) is 92.4 Å². The van der Waals surface area contributed by atoms with Crippen molar-refractivity contribution < 1.29 is 19.0 Å². The molecule has 1 aromatic heterocycles. The molecular weight excluding hydrogens is 394 g/mol. The van der Waals surface area contributed by atoms with Gasteiger partial charge in [0, 0.05) is 63.7 Å². The fourth-order valence-corrected chi connectivity index (χ4v) is 5.32. The summed E-state index contributed by atoms with van der Waals surface area (Å²) in [6.07, 6.45) is 3.32. The number of amides is 4. The molecule has 3 saturated heterocycles. The number of hydrogen-bond acceptors (Lipinski definition) is 7. The summed E-state index contributed by atoms with van der Waals surface area (Å²) in [6, 6.07) is -1.13. The van der Waals surface area contributed by atoms with Gasteiger partial charge in [-0.2, -0.15) is 0 Å². The smallest absolute Gasteiger partial charge is 0.333 e. The SMILES string of the molecule is CN1C(=O)C2C(=NC=[N+]2CC(=O)N2CC3CN(c4nccs4)CC3C2)N(C)C1=O. The highest BCUT2D eigenvalue weighted by atomic mass is 32.1. The second-order valence-electron chi connectivity index (χ2n) is 7.96. The van der Waals surface area contributed by atoms with Gasteiger partial charge in [0.2, 0.25) is 0 Å². The summed E-state index contributed by atoms with van der Waals surface area (Å²) in [5.41, 5.74) is 0. The molecule has 0 aliphatic carbocycles. The number of aliphatic imine (C=N–C) groups is 1. The number of nitrogens with zero attached hydrogens (tertiary/aromatic N) is 7. The van der Waals surface area contributed by atoms with Crippen molar-refractivity contribution in [1.82, 2.24) is 19.7 Å². The van der Waals surface area contributed by atoms with Gasteiger partial charge in [-0.05, 0) is 4.99 Å². The van der Waals surface area contributed by atoms with Crippen LogP contribution in [-0.4, -0.2) is 107 Å². The summed E-state index contributed by atoms with van der Waals surface area (Å²) >= 11 is 1.65. The number of imide groups is 1. The van der Waals surface area contributed by atoms with E-state index in [2.05, 4.69) is 14.9 Å². The van der Waals surface area contributed by atoms with E-state index < -0.39 is 12.1 Å². The van der Waals surface area contributed by atoms with Crippen LogP contribution in [0.2, 0.25) is 0 Å². The summed E-state index contributed by atoms with van der Waals surface area (Å²) in [5.74, 6) is 0.906. The molecule has 0 N–H and O–H groups in total. The molecule has 4 aliphatic rings. The van der Waals surface area contributed by atoms with Crippen LogP contribution >= 0.6 is 11.3 Å². The first-order valence-corrected chi connectivity index (χ1v) is 10.5. The maximum absolute atomic E-state index is 12.9. The Morgan fingerprint density at radius 1 is 1.17 bits per heavy atom. The molecule has 0 radical (unpaired) electrons. The number of rotatable bonds is 3. The van der Waals surface area contributed by atoms with E-state index in [1.165, 1.54) is 18.3 Å². The predicted molar refractivity (Wildman–Crippen MR) is 106 cm³/mol. The summed E-state index contributed by atoms with van der Waals surface area (Å²) in [7, 11) is 3.04. The van der Waals surface area contributed by atoms with Gasteiger partial charge in [0.15, 0.2) is 11.7 Å². The van der Waals surface area contributed by atoms with Crippen LogP contribution in [0.25, 0.3) is 0 Å². The summed E-state index contributed by atoms with van der Waals surface area (Å²) in [5, 5.41) is 3.03. The lowest BCUT2D eigenvalue weighted by Crippen LogP contribution is -2.62. The van der Waals surface area contributed by atoms with Gasteiger partial charge in [-0.25, -0.2) is 14.4 Å². The fraction of sp³-hybridized carbons (Fsp3) is 0.556. The van der Waals surface area contributed by atoms with Crippen molar-refractivity contribution in [3.63, 3.8) is 0 Å². The normalized spacial score (nSPS) is 28.7. The molecule has 4 amide bonds. The van der Waals surface area contributed by atoms with E-state index >= 15 is 0 Å². The standard InChI is InChI=1S/C18H22N7O3S/c1-21-15-14(16(27)22(2)18(21)28)25(10-20-15)9-13(26)23-5-11-7-24(8-12(11)6-23)17-19-3-4-29-17/h3-4,10-12,14H,5-9H2,1-2H3/q+1. The third-order valence-electron chi connectivity index (χ3n) is 6.24. The number of thiazole rings is 1. The maximum Gasteiger partial charge on any atom is 0.333 e. The van der Waals surface area contributed by atoms with E-state index in [-0.39, 0.29) is 18.4 Å². The molecule has 3 unspecified atom stereocenters. The number of hydrogen-bond donors (Lipinski definition) is 0.